The lowest BCUT2D eigenvalue weighted by atomic mass is 10.4. The van der Waals surface area contributed by atoms with Crippen LogP contribution < -0.4 is 0 Å². The van der Waals surface area contributed by atoms with Gasteiger partial charge < -0.3 is 9.64 Å². The van der Waals surface area contributed by atoms with Crippen LogP contribution in [0.2, 0.25) is 0 Å². The van der Waals surface area contributed by atoms with Crippen LogP contribution in [-0.4, -0.2) is 62.8 Å². The molecule has 0 bridgehead atoms. The zero-order chi connectivity index (χ0) is 8.81. The van der Waals surface area contributed by atoms with Gasteiger partial charge in [-0.3, -0.25) is 4.90 Å². The smallest absolute Gasteiger partial charge is 0.0594 e. The monoisotopic (exact) mass is 171 g/mol. The fraction of sp³-hybridized carbons (Fsp3) is 0.889. The van der Waals surface area contributed by atoms with Gasteiger partial charge in [-0.05, 0) is 20.5 Å². The molecule has 3 heteroatoms. The summed E-state index contributed by atoms with van der Waals surface area (Å²) >= 11 is 0. The summed E-state index contributed by atoms with van der Waals surface area (Å²) in [5, 5.41) is 0. The van der Waals surface area contributed by atoms with Crippen molar-refractivity contribution in [2.75, 3.05) is 53.0 Å². The molecule has 12 heavy (non-hydrogen) atoms. The molecule has 3 nitrogen and oxygen atoms in total. The zero-order valence-corrected chi connectivity index (χ0v) is 7.96. The third kappa shape index (κ3) is 3.52. The summed E-state index contributed by atoms with van der Waals surface area (Å²) in [6, 6.07) is 0. The van der Waals surface area contributed by atoms with E-state index >= 15 is 0 Å². The van der Waals surface area contributed by atoms with Crippen molar-refractivity contribution in [1.82, 2.24) is 9.80 Å². The summed E-state index contributed by atoms with van der Waals surface area (Å²) in [6.45, 7) is 11.0. The Balaban J connectivity index is 2.05. The second-order valence-electron chi connectivity index (χ2n) is 3.26. The maximum absolute atomic E-state index is 5.27. The van der Waals surface area contributed by atoms with Gasteiger partial charge in [0.2, 0.25) is 0 Å². The van der Waals surface area contributed by atoms with Crippen LogP contribution in [0.15, 0.2) is 0 Å². The first-order valence-electron chi connectivity index (χ1n) is 4.61. The summed E-state index contributed by atoms with van der Waals surface area (Å²) in [7, 11) is 2.10. The predicted molar refractivity (Wildman–Crippen MR) is 50.1 cm³/mol. The van der Waals surface area contributed by atoms with Gasteiger partial charge >= 0.3 is 0 Å². The molecular weight excluding hydrogens is 152 g/mol. The Morgan fingerprint density at radius 1 is 1.42 bits per heavy atom. The maximum atomic E-state index is 5.27. The average Bonchev–Trinajstić information content (AvgIpc) is 2.16. The first-order valence-corrected chi connectivity index (χ1v) is 4.61. The van der Waals surface area contributed by atoms with Crippen molar-refractivity contribution in [3.63, 3.8) is 0 Å². The number of hydrogen-bond donors (Lipinski definition) is 0. The van der Waals surface area contributed by atoms with E-state index in [2.05, 4.69) is 23.8 Å². The van der Waals surface area contributed by atoms with Gasteiger partial charge in [-0.25, -0.2) is 0 Å². The Labute approximate surface area is 75.3 Å². The molecule has 0 unspecified atom stereocenters. The van der Waals surface area contributed by atoms with E-state index in [9.17, 15) is 0 Å². The van der Waals surface area contributed by atoms with Gasteiger partial charge in [0.25, 0.3) is 0 Å². The van der Waals surface area contributed by atoms with Gasteiger partial charge in [-0.1, -0.05) is 0 Å². The SMILES string of the molecule is [CH2]CN(C)CCN1CCOCC1. The quantitative estimate of drug-likeness (QED) is 0.596. The van der Waals surface area contributed by atoms with Gasteiger partial charge in [-0.15, -0.1) is 0 Å². The fourth-order valence-electron chi connectivity index (χ4n) is 1.25. The van der Waals surface area contributed by atoms with Crippen LogP contribution in [0, 0.1) is 6.92 Å². The highest BCUT2D eigenvalue weighted by molar-refractivity contribution is 4.64. The third-order valence-corrected chi connectivity index (χ3v) is 2.28. The van der Waals surface area contributed by atoms with E-state index in [-0.39, 0.29) is 0 Å². The highest BCUT2D eigenvalue weighted by Gasteiger charge is 2.09. The Bertz CT molecular complexity index is 113. The molecule has 1 aliphatic heterocycles. The van der Waals surface area contributed by atoms with Crippen LogP contribution in [0.25, 0.3) is 0 Å². The minimum atomic E-state index is 0.893. The number of morpholine rings is 1. The molecule has 0 aliphatic carbocycles. The van der Waals surface area contributed by atoms with Gasteiger partial charge in [0.15, 0.2) is 0 Å². The van der Waals surface area contributed by atoms with E-state index in [1.54, 1.807) is 0 Å². The Morgan fingerprint density at radius 2 is 2.08 bits per heavy atom. The number of ether oxygens (including phenoxy) is 1. The molecule has 0 spiro atoms. The lowest BCUT2D eigenvalue weighted by Crippen LogP contribution is -2.40. The van der Waals surface area contributed by atoms with Gasteiger partial charge in [0, 0.05) is 26.2 Å². The number of nitrogens with zero attached hydrogens (tertiary/aromatic N) is 2. The highest BCUT2D eigenvalue weighted by Crippen LogP contribution is 1.96. The normalized spacial score (nSPS) is 20.2. The number of likely N-dealkylation sites (N-methyl/N-ethyl adjacent to an activating group) is 1. The van der Waals surface area contributed by atoms with E-state index in [0.717, 1.165) is 45.9 Å². The molecule has 1 fully saturated rings. The molecule has 1 heterocycles. The molecule has 0 atom stereocenters. The largest absolute Gasteiger partial charge is 0.379 e. The number of hydrogen-bond acceptors (Lipinski definition) is 3. The molecule has 0 saturated carbocycles. The van der Waals surface area contributed by atoms with Crippen LogP contribution in [0.5, 0.6) is 0 Å². The molecule has 71 valence electrons. The topological polar surface area (TPSA) is 15.7 Å². The van der Waals surface area contributed by atoms with E-state index < -0.39 is 0 Å². The molecule has 1 saturated heterocycles. The second-order valence-corrected chi connectivity index (χ2v) is 3.26. The summed E-state index contributed by atoms with van der Waals surface area (Å²) in [5.41, 5.74) is 0. The Kier molecular flexibility index (Phi) is 4.58. The van der Waals surface area contributed by atoms with Crippen molar-refractivity contribution >= 4 is 0 Å². The lowest BCUT2D eigenvalue weighted by molar-refractivity contribution is 0.0349. The fourth-order valence-corrected chi connectivity index (χ4v) is 1.25. The molecule has 0 aromatic heterocycles. The molecule has 0 amide bonds. The van der Waals surface area contributed by atoms with Crippen molar-refractivity contribution in [3.05, 3.63) is 6.92 Å². The van der Waals surface area contributed by atoms with E-state index in [0.29, 0.717) is 0 Å². The van der Waals surface area contributed by atoms with E-state index in [1.165, 1.54) is 0 Å². The first kappa shape index (κ1) is 9.96. The van der Waals surface area contributed by atoms with Gasteiger partial charge in [-0.2, -0.15) is 0 Å². The van der Waals surface area contributed by atoms with E-state index in [1.807, 2.05) is 0 Å². The molecule has 0 aromatic carbocycles. The molecule has 0 N–H and O–H groups in total. The summed E-state index contributed by atoms with van der Waals surface area (Å²) in [6.07, 6.45) is 0. The second kappa shape index (κ2) is 5.51. The van der Waals surface area contributed by atoms with Crippen molar-refractivity contribution in [3.8, 4) is 0 Å². The average molecular weight is 171 g/mol. The maximum Gasteiger partial charge on any atom is 0.0594 e. The third-order valence-electron chi connectivity index (χ3n) is 2.28. The van der Waals surface area contributed by atoms with Crippen LogP contribution in [0.1, 0.15) is 0 Å². The van der Waals surface area contributed by atoms with Crippen molar-refractivity contribution in [2.45, 2.75) is 0 Å². The molecule has 0 aromatic rings. The minimum Gasteiger partial charge on any atom is -0.379 e. The van der Waals surface area contributed by atoms with Crippen molar-refractivity contribution in [2.24, 2.45) is 0 Å². The first-order chi connectivity index (χ1) is 5.83. The molecule has 1 rings (SSSR count). The highest BCUT2D eigenvalue weighted by atomic mass is 16.5. The van der Waals surface area contributed by atoms with Crippen molar-refractivity contribution in [1.29, 1.82) is 0 Å². The van der Waals surface area contributed by atoms with Crippen LogP contribution in [-0.2, 0) is 4.74 Å². The molecule has 1 radical (unpaired) electrons. The van der Waals surface area contributed by atoms with Crippen molar-refractivity contribution < 1.29 is 4.74 Å². The number of rotatable bonds is 4. The minimum absolute atomic E-state index is 0.893. The van der Waals surface area contributed by atoms with Crippen LogP contribution in [0.4, 0.5) is 0 Å². The summed E-state index contributed by atoms with van der Waals surface area (Å²) in [5.74, 6) is 0. The van der Waals surface area contributed by atoms with Gasteiger partial charge in [0.1, 0.15) is 0 Å². The lowest BCUT2D eigenvalue weighted by Gasteiger charge is -2.28. The summed E-state index contributed by atoms with van der Waals surface area (Å²) in [4.78, 5) is 4.67. The van der Waals surface area contributed by atoms with Crippen LogP contribution >= 0.6 is 0 Å². The van der Waals surface area contributed by atoms with Crippen LogP contribution in [0.3, 0.4) is 0 Å². The predicted octanol–water partition coefficient (Wildman–Crippen LogP) is 0.0845. The molecule has 1 aliphatic rings. The molecular formula is C9H19N2O. The Hall–Kier alpha value is -0.120. The standard InChI is InChI=1S/C9H19N2O/c1-3-10(2)4-5-11-6-8-12-9-7-11/h1,3-9H2,2H3. The Morgan fingerprint density at radius 3 is 2.67 bits per heavy atom. The zero-order valence-electron chi connectivity index (χ0n) is 7.96. The van der Waals surface area contributed by atoms with Gasteiger partial charge in [0.05, 0.1) is 13.2 Å². The van der Waals surface area contributed by atoms with E-state index in [4.69, 9.17) is 4.74 Å². The summed E-state index contributed by atoms with van der Waals surface area (Å²) < 4.78 is 5.27.